The van der Waals surface area contributed by atoms with Gasteiger partial charge in [0.15, 0.2) is 5.16 Å². The summed E-state index contributed by atoms with van der Waals surface area (Å²) < 4.78 is 7.13. The first kappa shape index (κ1) is 17.3. The molecule has 6 nitrogen and oxygen atoms in total. The van der Waals surface area contributed by atoms with Crippen molar-refractivity contribution < 1.29 is 9.21 Å². The normalized spacial score (nSPS) is 12.1. The van der Waals surface area contributed by atoms with E-state index in [4.69, 9.17) is 4.42 Å². The quantitative estimate of drug-likeness (QED) is 0.686. The van der Waals surface area contributed by atoms with Crippen molar-refractivity contribution in [1.82, 2.24) is 20.1 Å². The lowest BCUT2D eigenvalue weighted by molar-refractivity contribution is -0.120. The van der Waals surface area contributed by atoms with E-state index in [0.29, 0.717) is 11.7 Å². The number of benzene rings is 1. The van der Waals surface area contributed by atoms with E-state index in [0.717, 1.165) is 17.0 Å². The number of nitrogens with zero attached hydrogens (tertiary/aromatic N) is 3. The first-order valence-corrected chi connectivity index (χ1v) is 8.87. The summed E-state index contributed by atoms with van der Waals surface area (Å²) in [4.78, 5) is 12.3. The number of furan rings is 1. The molecule has 0 bridgehead atoms. The van der Waals surface area contributed by atoms with Crippen molar-refractivity contribution in [3.8, 4) is 5.69 Å². The molecule has 3 rings (SSSR count). The van der Waals surface area contributed by atoms with E-state index >= 15 is 0 Å². The zero-order valence-corrected chi connectivity index (χ0v) is 15.2. The third-order valence-corrected chi connectivity index (χ3v) is 4.85. The molecule has 1 unspecified atom stereocenters. The van der Waals surface area contributed by atoms with Crippen molar-refractivity contribution in [3.05, 3.63) is 59.8 Å². The molecular weight excluding hydrogens is 336 g/mol. The highest BCUT2D eigenvalue weighted by Gasteiger charge is 2.19. The van der Waals surface area contributed by atoms with E-state index in [1.165, 1.54) is 17.3 Å². The average molecular weight is 356 g/mol. The molecule has 1 N–H and O–H groups in total. The number of hydrogen-bond acceptors (Lipinski definition) is 5. The molecule has 3 aromatic rings. The lowest BCUT2D eigenvalue weighted by atomic mass is 10.1. The summed E-state index contributed by atoms with van der Waals surface area (Å²) >= 11 is 1.38. The van der Waals surface area contributed by atoms with Crippen LogP contribution in [0.3, 0.4) is 0 Å². The molecule has 0 saturated heterocycles. The Bertz CT molecular complexity index is 858. The fraction of sp³-hybridized carbons (Fsp3) is 0.278. The molecule has 0 aliphatic carbocycles. The number of aryl methyl sites for hydroxylation is 2. The van der Waals surface area contributed by atoms with Crippen LogP contribution in [-0.2, 0) is 11.3 Å². The maximum atomic E-state index is 12.3. The predicted octanol–water partition coefficient (Wildman–Crippen LogP) is 3.27. The highest BCUT2D eigenvalue weighted by Crippen LogP contribution is 2.25. The van der Waals surface area contributed by atoms with E-state index in [1.54, 1.807) is 18.7 Å². The fourth-order valence-corrected chi connectivity index (χ4v) is 3.35. The fourth-order valence-electron chi connectivity index (χ4n) is 2.49. The molecule has 2 aromatic heterocycles. The van der Waals surface area contributed by atoms with Crippen LogP contribution in [0, 0.1) is 13.8 Å². The number of hydrogen-bond donors (Lipinski definition) is 1. The summed E-state index contributed by atoms with van der Waals surface area (Å²) in [6, 6.07) is 9.83. The lowest BCUT2D eigenvalue weighted by Gasteiger charge is -2.13. The molecule has 0 aliphatic heterocycles. The van der Waals surface area contributed by atoms with Gasteiger partial charge in [-0.15, -0.1) is 10.2 Å². The molecule has 1 atom stereocenters. The van der Waals surface area contributed by atoms with Crippen molar-refractivity contribution in [2.75, 3.05) is 0 Å². The van der Waals surface area contributed by atoms with Gasteiger partial charge >= 0.3 is 0 Å². The number of amides is 1. The van der Waals surface area contributed by atoms with Gasteiger partial charge in [-0.2, -0.15) is 0 Å². The number of aromatic nitrogens is 3. The molecule has 0 fully saturated rings. The van der Waals surface area contributed by atoms with Crippen molar-refractivity contribution in [2.45, 2.75) is 37.7 Å². The Morgan fingerprint density at radius 3 is 2.92 bits per heavy atom. The number of rotatable bonds is 6. The van der Waals surface area contributed by atoms with E-state index in [-0.39, 0.29) is 11.2 Å². The molecule has 7 heteroatoms. The van der Waals surface area contributed by atoms with E-state index in [9.17, 15) is 4.79 Å². The highest BCUT2D eigenvalue weighted by molar-refractivity contribution is 8.00. The summed E-state index contributed by atoms with van der Waals surface area (Å²) in [5, 5.41) is 11.4. The topological polar surface area (TPSA) is 73.0 Å². The van der Waals surface area contributed by atoms with Crippen LogP contribution in [0.15, 0.2) is 52.5 Å². The second-order valence-corrected chi connectivity index (χ2v) is 7.14. The van der Waals surface area contributed by atoms with Crippen LogP contribution >= 0.6 is 11.8 Å². The van der Waals surface area contributed by atoms with Gasteiger partial charge in [0.1, 0.15) is 12.1 Å². The molecule has 0 saturated carbocycles. The van der Waals surface area contributed by atoms with Gasteiger partial charge < -0.3 is 9.73 Å². The van der Waals surface area contributed by atoms with Gasteiger partial charge in [-0.1, -0.05) is 29.5 Å². The molecule has 1 amide bonds. The Labute approximate surface area is 150 Å². The van der Waals surface area contributed by atoms with Gasteiger partial charge in [0.25, 0.3) is 0 Å². The molecule has 130 valence electrons. The van der Waals surface area contributed by atoms with Crippen LogP contribution in [-0.4, -0.2) is 25.9 Å². The minimum absolute atomic E-state index is 0.0726. The van der Waals surface area contributed by atoms with Crippen molar-refractivity contribution >= 4 is 17.7 Å². The third-order valence-electron chi connectivity index (χ3n) is 3.80. The van der Waals surface area contributed by atoms with Crippen LogP contribution in [0.2, 0.25) is 0 Å². The van der Waals surface area contributed by atoms with E-state index < -0.39 is 0 Å². The van der Waals surface area contributed by atoms with Gasteiger partial charge in [-0.25, -0.2) is 0 Å². The number of carbonyl (C=O) groups is 1. The zero-order valence-electron chi connectivity index (χ0n) is 14.4. The largest absolute Gasteiger partial charge is 0.467 e. The van der Waals surface area contributed by atoms with Gasteiger partial charge in [0.2, 0.25) is 5.91 Å². The Kier molecular flexibility index (Phi) is 5.23. The van der Waals surface area contributed by atoms with Gasteiger partial charge in [-0.3, -0.25) is 9.36 Å². The molecule has 25 heavy (non-hydrogen) atoms. The van der Waals surface area contributed by atoms with Gasteiger partial charge in [0, 0.05) is 0 Å². The Morgan fingerprint density at radius 2 is 2.20 bits per heavy atom. The molecule has 1 aromatic carbocycles. The maximum Gasteiger partial charge on any atom is 0.233 e. The molecule has 0 radical (unpaired) electrons. The van der Waals surface area contributed by atoms with Crippen LogP contribution in [0.1, 0.15) is 23.8 Å². The first-order chi connectivity index (χ1) is 12.0. The maximum absolute atomic E-state index is 12.3. The lowest BCUT2D eigenvalue weighted by Crippen LogP contribution is -2.30. The molecule has 0 aliphatic rings. The zero-order chi connectivity index (χ0) is 17.8. The summed E-state index contributed by atoms with van der Waals surface area (Å²) in [6.07, 6.45) is 3.26. The van der Waals surface area contributed by atoms with Crippen molar-refractivity contribution in [3.63, 3.8) is 0 Å². The van der Waals surface area contributed by atoms with Gasteiger partial charge in [-0.05, 0) is 44.5 Å². The van der Waals surface area contributed by atoms with Crippen molar-refractivity contribution in [1.29, 1.82) is 0 Å². The standard InChI is InChI=1S/C18H20N4O2S/c1-12-6-7-16(13(2)9-12)22-11-20-21-18(22)25-14(3)17(23)19-10-15-5-4-8-24-15/h4-9,11,14H,10H2,1-3H3,(H,19,23). The number of thioether (sulfide) groups is 1. The highest BCUT2D eigenvalue weighted by atomic mass is 32.2. The second kappa shape index (κ2) is 7.57. The Morgan fingerprint density at radius 1 is 1.36 bits per heavy atom. The van der Waals surface area contributed by atoms with Crippen LogP contribution < -0.4 is 5.32 Å². The number of nitrogens with one attached hydrogen (secondary N) is 1. The second-order valence-electron chi connectivity index (χ2n) is 5.83. The van der Waals surface area contributed by atoms with Gasteiger partial charge in [0.05, 0.1) is 23.7 Å². The summed E-state index contributed by atoms with van der Waals surface area (Å²) in [7, 11) is 0. The minimum Gasteiger partial charge on any atom is -0.467 e. The SMILES string of the molecule is Cc1ccc(-n2cnnc2SC(C)C(=O)NCc2ccco2)c(C)c1. The average Bonchev–Trinajstić information content (AvgIpc) is 3.24. The molecule has 0 spiro atoms. The summed E-state index contributed by atoms with van der Waals surface area (Å²) in [5.41, 5.74) is 3.35. The third kappa shape index (κ3) is 4.11. The minimum atomic E-state index is -0.302. The van der Waals surface area contributed by atoms with E-state index in [1.807, 2.05) is 23.6 Å². The van der Waals surface area contributed by atoms with Crippen molar-refractivity contribution in [2.24, 2.45) is 0 Å². The molecular formula is C18H20N4O2S. The molecule has 2 heterocycles. The predicted molar refractivity (Wildman–Crippen MR) is 96.7 cm³/mol. The van der Waals surface area contributed by atoms with Crippen LogP contribution in [0.4, 0.5) is 0 Å². The summed E-state index contributed by atoms with van der Waals surface area (Å²) in [5.74, 6) is 0.653. The number of carbonyl (C=O) groups excluding carboxylic acids is 1. The first-order valence-electron chi connectivity index (χ1n) is 7.99. The Hall–Kier alpha value is -2.54. The monoisotopic (exact) mass is 356 g/mol. The van der Waals surface area contributed by atoms with Crippen LogP contribution in [0.25, 0.3) is 5.69 Å². The smallest absolute Gasteiger partial charge is 0.233 e. The van der Waals surface area contributed by atoms with Crippen LogP contribution in [0.5, 0.6) is 0 Å². The summed E-state index contributed by atoms with van der Waals surface area (Å²) in [6.45, 7) is 6.34. The van der Waals surface area contributed by atoms with E-state index in [2.05, 4.69) is 41.5 Å². The Balaban J connectivity index is 1.69.